The van der Waals surface area contributed by atoms with Gasteiger partial charge in [0.25, 0.3) is 0 Å². The van der Waals surface area contributed by atoms with E-state index in [0.717, 1.165) is 12.1 Å². The van der Waals surface area contributed by atoms with E-state index in [1.807, 2.05) is 6.92 Å². The van der Waals surface area contributed by atoms with Crippen molar-refractivity contribution in [3.63, 3.8) is 0 Å². The van der Waals surface area contributed by atoms with Crippen LogP contribution < -0.4 is 10.1 Å². The average molecular weight is 543 g/mol. The van der Waals surface area contributed by atoms with E-state index in [1.54, 1.807) is 30.4 Å². The summed E-state index contributed by atoms with van der Waals surface area (Å²) < 4.78 is 54.0. The predicted octanol–water partition coefficient (Wildman–Crippen LogP) is 6.24. The zero-order chi connectivity index (χ0) is 27.9. The summed E-state index contributed by atoms with van der Waals surface area (Å²) in [6.07, 6.45) is 5.83. The number of methoxy groups -OCH3 is 1. The normalized spacial score (nSPS) is 20.4. The van der Waals surface area contributed by atoms with Crippen LogP contribution in [0.4, 0.5) is 13.2 Å². The highest BCUT2D eigenvalue weighted by Crippen LogP contribution is 2.29. The Balaban J connectivity index is 1.42. The molecule has 39 heavy (non-hydrogen) atoms. The van der Waals surface area contributed by atoms with Crippen LogP contribution in [0.25, 0.3) is 17.0 Å². The zero-order valence-corrected chi connectivity index (χ0v) is 22.0. The van der Waals surface area contributed by atoms with Gasteiger partial charge in [0.05, 0.1) is 37.5 Å². The van der Waals surface area contributed by atoms with Crippen molar-refractivity contribution in [2.45, 2.75) is 63.2 Å². The number of halogens is 3. The molecule has 1 aliphatic heterocycles. The third kappa shape index (κ3) is 7.16. The second-order valence-electron chi connectivity index (χ2n) is 9.77. The van der Waals surface area contributed by atoms with Gasteiger partial charge in [0.2, 0.25) is 0 Å². The first-order chi connectivity index (χ1) is 18.8. The van der Waals surface area contributed by atoms with Crippen molar-refractivity contribution in [1.82, 2.24) is 10.3 Å². The second-order valence-corrected chi connectivity index (χ2v) is 9.77. The lowest BCUT2D eigenvalue weighted by Gasteiger charge is -2.36. The monoisotopic (exact) mass is 542 g/mol. The number of pyridine rings is 1. The summed E-state index contributed by atoms with van der Waals surface area (Å²) in [7, 11) is 1.54. The Labute approximate surface area is 225 Å². The molecule has 1 aliphatic rings. The van der Waals surface area contributed by atoms with Crippen molar-refractivity contribution in [3.8, 4) is 5.75 Å². The van der Waals surface area contributed by atoms with E-state index in [1.165, 1.54) is 19.4 Å². The molecule has 0 spiro atoms. The molecule has 2 heterocycles. The number of carboxylic acid groups (broad SMARTS) is 1. The molecule has 1 aromatic heterocycles. The van der Waals surface area contributed by atoms with Gasteiger partial charge in [0.1, 0.15) is 23.2 Å². The zero-order valence-electron chi connectivity index (χ0n) is 22.0. The van der Waals surface area contributed by atoms with Crippen LogP contribution in [-0.2, 0) is 9.53 Å². The lowest BCUT2D eigenvalue weighted by molar-refractivity contribution is -0.143. The molecule has 0 bridgehead atoms. The van der Waals surface area contributed by atoms with E-state index in [9.17, 15) is 23.1 Å². The Bertz CT molecular complexity index is 1330. The van der Waals surface area contributed by atoms with Gasteiger partial charge in [0, 0.05) is 17.0 Å². The van der Waals surface area contributed by atoms with Crippen LogP contribution in [0.1, 0.15) is 56.1 Å². The number of aliphatic carboxylic acids is 1. The minimum absolute atomic E-state index is 0.171. The van der Waals surface area contributed by atoms with E-state index < -0.39 is 35.6 Å². The van der Waals surface area contributed by atoms with Gasteiger partial charge in [-0.25, -0.2) is 13.2 Å². The van der Waals surface area contributed by atoms with Gasteiger partial charge in [-0.05, 0) is 80.1 Å². The van der Waals surface area contributed by atoms with Crippen LogP contribution in [0.15, 0.2) is 48.7 Å². The molecule has 1 fully saturated rings. The maximum absolute atomic E-state index is 14.7. The summed E-state index contributed by atoms with van der Waals surface area (Å²) in [6, 6.07) is 8.50. The van der Waals surface area contributed by atoms with Crippen molar-refractivity contribution in [2.75, 3.05) is 13.7 Å². The fourth-order valence-corrected chi connectivity index (χ4v) is 5.17. The van der Waals surface area contributed by atoms with E-state index in [4.69, 9.17) is 9.47 Å². The van der Waals surface area contributed by atoms with Crippen LogP contribution >= 0.6 is 0 Å². The summed E-state index contributed by atoms with van der Waals surface area (Å²) in [5, 5.41) is 13.4. The highest BCUT2D eigenvalue weighted by atomic mass is 19.1. The maximum atomic E-state index is 14.7. The maximum Gasteiger partial charge on any atom is 0.306 e. The Morgan fingerprint density at radius 1 is 1.21 bits per heavy atom. The van der Waals surface area contributed by atoms with Crippen molar-refractivity contribution in [3.05, 3.63) is 77.2 Å². The minimum Gasteiger partial charge on any atom is -0.497 e. The number of aromatic nitrogens is 1. The standard InChI is InChI=1S/C30H33F3N2O4/c1-3-18(23-14-19(31)4-9-25(23)32)12-13-34-28-11-6-20(39-29(28)16-30(36)37)5-8-22-24-15-21(38-2)7-10-27(24)35-17-26(22)33/h4-5,7-10,14-15,17-18,20,28-29,34H,3,6,11-13,16H2,1-2H3,(H,36,37)/b8-5+/t18?,20-,28-,29-/m1/s1. The lowest BCUT2D eigenvalue weighted by atomic mass is 9.91. The van der Waals surface area contributed by atoms with Gasteiger partial charge in [-0.3, -0.25) is 9.78 Å². The number of carbonyl (C=O) groups is 1. The Morgan fingerprint density at radius 2 is 2.03 bits per heavy atom. The van der Waals surface area contributed by atoms with Crippen molar-refractivity contribution < 1.29 is 32.5 Å². The van der Waals surface area contributed by atoms with Crippen LogP contribution in [0.3, 0.4) is 0 Å². The Kier molecular flexibility index (Phi) is 9.59. The number of hydrogen-bond donors (Lipinski definition) is 2. The molecule has 0 aliphatic carbocycles. The number of nitrogens with one attached hydrogen (secondary N) is 1. The Hall–Kier alpha value is -3.43. The van der Waals surface area contributed by atoms with Gasteiger partial charge in [-0.15, -0.1) is 0 Å². The number of nitrogens with zero attached hydrogens (tertiary/aromatic N) is 1. The SMILES string of the molecule is CCC(CCN[C@@H]1CC[C@@H](/C=C/c2c(F)cnc3ccc(OC)cc23)O[C@@H]1CC(=O)O)c1cc(F)ccc1F. The number of ether oxygens (including phenoxy) is 2. The van der Waals surface area contributed by atoms with E-state index in [0.29, 0.717) is 60.0 Å². The summed E-state index contributed by atoms with van der Waals surface area (Å²) in [5.74, 6) is -1.96. The first-order valence-corrected chi connectivity index (χ1v) is 13.1. The molecule has 1 saturated heterocycles. The highest BCUT2D eigenvalue weighted by Gasteiger charge is 2.32. The smallest absolute Gasteiger partial charge is 0.306 e. The molecule has 2 aromatic carbocycles. The van der Waals surface area contributed by atoms with Crippen LogP contribution in [0.2, 0.25) is 0 Å². The molecule has 9 heteroatoms. The summed E-state index contributed by atoms with van der Waals surface area (Å²) >= 11 is 0. The van der Waals surface area contributed by atoms with E-state index in [-0.39, 0.29) is 18.4 Å². The number of carboxylic acids is 1. The van der Waals surface area contributed by atoms with Gasteiger partial charge >= 0.3 is 5.97 Å². The minimum atomic E-state index is -0.983. The van der Waals surface area contributed by atoms with Crippen molar-refractivity contribution >= 4 is 22.9 Å². The summed E-state index contributed by atoms with van der Waals surface area (Å²) in [4.78, 5) is 15.7. The molecule has 6 nitrogen and oxygen atoms in total. The van der Waals surface area contributed by atoms with Gasteiger partial charge in [-0.2, -0.15) is 0 Å². The van der Waals surface area contributed by atoms with Gasteiger partial charge < -0.3 is 19.9 Å². The van der Waals surface area contributed by atoms with E-state index in [2.05, 4.69) is 10.3 Å². The van der Waals surface area contributed by atoms with Gasteiger partial charge in [-0.1, -0.05) is 19.1 Å². The number of hydrogen-bond acceptors (Lipinski definition) is 5. The van der Waals surface area contributed by atoms with Gasteiger partial charge in [0.15, 0.2) is 0 Å². The quantitative estimate of drug-likeness (QED) is 0.299. The summed E-state index contributed by atoms with van der Waals surface area (Å²) in [6.45, 7) is 2.42. The van der Waals surface area contributed by atoms with Crippen LogP contribution in [-0.4, -0.2) is 48.0 Å². The number of rotatable bonds is 11. The molecule has 0 amide bonds. The van der Waals surface area contributed by atoms with Crippen molar-refractivity contribution in [1.29, 1.82) is 0 Å². The Morgan fingerprint density at radius 3 is 2.77 bits per heavy atom. The number of fused-ring (bicyclic) bond motifs is 1. The molecule has 0 radical (unpaired) electrons. The fraction of sp³-hybridized carbons (Fsp3) is 0.400. The molecular formula is C30H33F3N2O4. The van der Waals surface area contributed by atoms with Crippen LogP contribution in [0, 0.1) is 17.5 Å². The highest BCUT2D eigenvalue weighted by molar-refractivity contribution is 5.89. The largest absolute Gasteiger partial charge is 0.497 e. The van der Waals surface area contributed by atoms with Crippen LogP contribution in [0.5, 0.6) is 5.75 Å². The molecule has 208 valence electrons. The van der Waals surface area contributed by atoms with E-state index >= 15 is 0 Å². The summed E-state index contributed by atoms with van der Waals surface area (Å²) in [5.41, 5.74) is 1.32. The fourth-order valence-electron chi connectivity index (χ4n) is 5.17. The predicted molar refractivity (Wildman–Crippen MR) is 143 cm³/mol. The lowest BCUT2D eigenvalue weighted by Crippen LogP contribution is -2.48. The van der Waals surface area contributed by atoms with Crippen molar-refractivity contribution in [2.24, 2.45) is 0 Å². The molecule has 1 unspecified atom stereocenters. The first kappa shape index (κ1) is 28.6. The molecular weight excluding hydrogens is 509 g/mol. The number of benzene rings is 2. The molecule has 3 aromatic rings. The third-order valence-corrected chi connectivity index (χ3v) is 7.27. The first-order valence-electron chi connectivity index (χ1n) is 13.1. The molecule has 0 saturated carbocycles. The topological polar surface area (TPSA) is 80.7 Å². The second kappa shape index (κ2) is 13.1. The third-order valence-electron chi connectivity index (χ3n) is 7.27. The molecule has 4 atom stereocenters. The molecule has 2 N–H and O–H groups in total. The average Bonchev–Trinajstić information content (AvgIpc) is 2.92. The molecule has 4 rings (SSSR count).